The fourth-order valence-corrected chi connectivity index (χ4v) is 2.86. The summed E-state index contributed by atoms with van der Waals surface area (Å²) in [4.78, 5) is 37.1. The molecular formula is C25H25N5O4. The summed E-state index contributed by atoms with van der Waals surface area (Å²) < 4.78 is 0. The second-order valence-corrected chi connectivity index (χ2v) is 7.11. The fraction of sp³-hybridized carbons (Fsp3) is 0.160. The van der Waals surface area contributed by atoms with E-state index in [1.165, 1.54) is 24.6 Å². The summed E-state index contributed by atoms with van der Waals surface area (Å²) in [5.74, 6) is -0.562. The van der Waals surface area contributed by atoms with Gasteiger partial charge in [0.15, 0.2) is 0 Å². The number of aromatic nitrogens is 1. The van der Waals surface area contributed by atoms with E-state index in [2.05, 4.69) is 25.6 Å². The van der Waals surface area contributed by atoms with Crippen molar-refractivity contribution in [3.63, 3.8) is 0 Å². The second-order valence-electron chi connectivity index (χ2n) is 7.11. The molecule has 3 aromatic rings. The van der Waals surface area contributed by atoms with Crippen LogP contribution in [0.4, 0.5) is 0 Å². The van der Waals surface area contributed by atoms with Crippen molar-refractivity contribution < 1.29 is 19.8 Å². The van der Waals surface area contributed by atoms with Crippen molar-refractivity contribution >= 4 is 24.2 Å². The first-order chi connectivity index (χ1) is 16.5. The summed E-state index contributed by atoms with van der Waals surface area (Å²) in [7, 11) is 0. The van der Waals surface area contributed by atoms with Crippen molar-refractivity contribution in [2.75, 3.05) is 26.2 Å². The maximum Gasteiger partial charge on any atom is 0.269 e. The van der Waals surface area contributed by atoms with Gasteiger partial charge in [-0.3, -0.25) is 19.6 Å². The van der Waals surface area contributed by atoms with Crippen LogP contribution in [-0.2, 0) is 0 Å². The summed E-state index contributed by atoms with van der Waals surface area (Å²) in [5, 5.41) is 24.8. The normalized spacial score (nSPS) is 11.1. The highest BCUT2D eigenvalue weighted by Crippen LogP contribution is 2.13. The van der Waals surface area contributed by atoms with Crippen molar-refractivity contribution in [1.29, 1.82) is 0 Å². The molecule has 0 fully saturated rings. The summed E-state index contributed by atoms with van der Waals surface area (Å²) >= 11 is 0. The molecule has 0 aliphatic heterocycles. The molecule has 0 unspecified atom stereocenters. The molecule has 0 aliphatic rings. The number of carbonyl (C=O) groups excluding carboxylic acids is 2. The second kappa shape index (κ2) is 12.5. The molecule has 0 spiro atoms. The van der Waals surface area contributed by atoms with Crippen LogP contribution in [0.5, 0.6) is 11.5 Å². The number of phenolic OH excluding ortho intramolecular Hbond substituents is 2. The molecule has 1 heterocycles. The quantitative estimate of drug-likeness (QED) is 0.272. The van der Waals surface area contributed by atoms with Gasteiger partial charge in [-0.2, -0.15) is 0 Å². The van der Waals surface area contributed by atoms with Crippen LogP contribution in [0.3, 0.4) is 0 Å². The molecule has 0 bridgehead atoms. The molecule has 34 heavy (non-hydrogen) atoms. The molecular weight excluding hydrogens is 434 g/mol. The van der Waals surface area contributed by atoms with Gasteiger partial charge in [0.2, 0.25) is 0 Å². The van der Waals surface area contributed by atoms with Gasteiger partial charge in [-0.1, -0.05) is 30.3 Å². The summed E-state index contributed by atoms with van der Waals surface area (Å²) in [6.07, 6.45) is 3.08. The van der Waals surface area contributed by atoms with E-state index in [-0.39, 0.29) is 36.0 Å². The summed E-state index contributed by atoms with van der Waals surface area (Å²) in [5.41, 5.74) is 1.43. The number of hydrogen-bond donors (Lipinski definition) is 4. The Labute approximate surface area is 196 Å². The molecule has 4 N–H and O–H groups in total. The van der Waals surface area contributed by atoms with Gasteiger partial charge in [0.05, 0.1) is 13.1 Å². The lowest BCUT2D eigenvalue weighted by Gasteiger charge is -2.06. The minimum Gasteiger partial charge on any atom is -0.507 e. The number of para-hydroxylation sites is 2. The van der Waals surface area contributed by atoms with Crippen molar-refractivity contribution in [3.05, 3.63) is 89.2 Å². The molecule has 9 nitrogen and oxygen atoms in total. The molecule has 0 radical (unpaired) electrons. The van der Waals surface area contributed by atoms with E-state index < -0.39 is 11.8 Å². The number of aliphatic imine (C=N–C) groups is 2. The lowest BCUT2D eigenvalue weighted by Crippen LogP contribution is -2.29. The maximum absolute atomic E-state index is 12.3. The number of pyridine rings is 1. The monoisotopic (exact) mass is 459 g/mol. The number of nitrogens with zero attached hydrogens (tertiary/aromatic N) is 3. The van der Waals surface area contributed by atoms with E-state index in [1.807, 2.05) is 0 Å². The predicted molar refractivity (Wildman–Crippen MR) is 130 cm³/mol. The van der Waals surface area contributed by atoms with Crippen molar-refractivity contribution in [2.45, 2.75) is 0 Å². The Hall–Kier alpha value is -4.53. The highest BCUT2D eigenvalue weighted by atomic mass is 16.3. The van der Waals surface area contributed by atoms with Crippen LogP contribution in [0.2, 0.25) is 0 Å². The first-order valence-corrected chi connectivity index (χ1v) is 10.6. The van der Waals surface area contributed by atoms with E-state index in [1.54, 1.807) is 54.6 Å². The van der Waals surface area contributed by atoms with E-state index in [0.717, 1.165) is 0 Å². The van der Waals surface area contributed by atoms with E-state index >= 15 is 0 Å². The van der Waals surface area contributed by atoms with Crippen LogP contribution >= 0.6 is 0 Å². The van der Waals surface area contributed by atoms with Crippen molar-refractivity contribution in [2.24, 2.45) is 9.98 Å². The highest BCUT2D eigenvalue weighted by Gasteiger charge is 2.11. The molecule has 0 aliphatic carbocycles. The molecule has 0 atom stereocenters. The zero-order valence-corrected chi connectivity index (χ0v) is 18.4. The van der Waals surface area contributed by atoms with Gasteiger partial charge in [-0.15, -0.1) is 0 Å². The van der Waals surface area contributed by atoms with Crippen molar-refractivity contribution in [1.82, 2.24) is 15.6 Å². The first kappa shape index (κ1) is 24.1. The van der Waals surface area contributed by atoms with Gasteiger partial charge in [0, 0.05) is 36.6 Å². The number of hydrogen-bond acceptors (Lipinski definition) is 7. The van der Waals surface area contributed by atoms with Crippen LogP contribution in [0.15, 0.2) is 76.7 Å². The summed E-state index contributed by atoms with van der Waals surface area (Å²) in [6, 6.07) is 18.3. The molecule has 174 valence electrons. The van der Waals surface area contributed by atoms with Gasteiger partial charge in [-0.25, -0.2) is 4.98 Å². The minimum absolute atomic E-state index is 0.120. The number of nitrogens with one attached hydrogen (secondary N) is 2. The standard InChI is InChI=1S/C25H25N5O4/c31-22-10-3-1-6-18(22)16-26-12-14-28-24(33)20-8-5-9-21(30-20)25(34)29-15-13-27-17-19-7-2-4-11-23(19)32/h1-11,16-17,31-32H,12-15H2,(H,28,33)(H,29,34). The number of aromatic hydroxyl groups is 2. The molecule has 3 rings (SSSR count). The Balaban J connectivity index is 1.43. The Morgan fingerprint density at radius 2 is 1.15 bits per heavy atom. The average molecular weight is 460 g/mol. The average Bonchev–Trinajstić information content (AvgIpc) is 2.85. The third kappa shape index (κ3) is 7.27. The van der Waals surface area contributed by atoms with E-state index in [9.17, 15) is 19.8 Å². The van der Waals surface area contributed by atoms with E-state index in [4.69, 9.17) is 0 Å². The Kier molecular flexibility index (Phi) is 8.86. The van der Waals surface area contributed by atoms with Gasteiger partial charge >= 0.3 is 0 Å². The van der Waals surface area contributed by atoms with Crippen LogP contribution < -0.4 is 10.6 Å². The van der Waals surface area contributed by atoms with Crippen LogP contribution in [0.25, 0.3) is 0 Å². The summed E-state index contributed by atoms with van der Waals surface area (Å²) in [6.45, 7) is 1.19. The minimum atomic E-state index is -0.417. The Bertz CT molecular complexity index is 1100. The largest absolute Gasteiger partial charge is 0.507 e. The number of phenols is 2. The smallest absolute Gasteiger partial charge is 0.269 e. The molecule has 2 aromatic carbocycles. The van der Waals surface area contributed by atoms with E-state index in [0.29, 0.717) is 24.2 Å². The molecule has 1 aromatic heterocycles. The number of carbonyl (C=O) groups is 2. The third-order valence-electron chi connectivity index (χ3n) is 4.60. The number of benzene rings is 2. The van der Waals surface area contributed by atoms with Crippen LogP contribution in [0.1, 0.15) is 32.1 Å². The molecule has 0 saturated carbocycles. The Morgan fingerprint density at radius 3 is 1.59 bits per heavy atom. The first-order valence-electron chi connectivity index (χ1n) is 10.6. The fourth-order valence-electron chi connectivity index (χ4n) is 2.86. The number of amides is 2. The molecule has 9 heteroatoms. The SMILES string of the molecule is O=C(NCCN=Cc1ccccc1O)c1cccc(C(=O)NCCN=Cc2ccccc2O)n1. The van der Waals surface area contributed by atoms with Crippen LogP contribution in [0, 0.1) is 0 Å². The highest BCUT2D eigenvalue weighted by molar-refractivity contribution is 5.96. The lowest BCUT2D eigenvalue weighted by atomic mass is 10.2. The zero-order chi connectivity index (χ0) is 24.2. The van der Waals surface area contributed by atoms with Gasteiger partial charge in [0.25, 0.3) is 11.8 Å². The lowest BCUT2D eigenvalue weighted by molar-refractivity contribution is 0.0945. The molecule has 2 amide bonds. The third-order valence-corrected chi connectivity index (χ3v) is 4.60. The maximum atomic E-state index is 12.3. The van der Waals surface area contributed by atoms with Gasteiger partial charge < -0.3 is 20.8 Å². The zero-order valence-electron chi connectivity index (χ0n) is 18.4. The topological polar surface area (TPSA) is 136 Å². The van der Waals surface area contributed by atoms with Gasteiger partial charge in [0.1, 0.15) is 22.9 Å². The van der Waals surface area contributed by atoms with Crippen LogP contribution in [-0.4, -0.2) is 65.6 Å². The van der Waals surface area contributed by atoms with Gasteiger partial charge in [-0.05, 0) is 36.4 Å². The predicted octanol–water partition coefficient (Wildman–Crippen LogP) is 2.19. The molecule has 0 saturated heterocycles. The number of rotatable bonds is 10. The van der Waals surface area contributed by atoms with Crippen molar-refractivity contribution in [3.8, 4) is 11.5 Å². The Morgan fingerprint density at radius 1 is 0.706 bits per heavy atom.